The van der Waals surface area contributed by atoms with Gasteiger partial charge in [-0.3, -0.25) is 19.2 Å². The summed E-state index contributed by atoms with van der Waals surface area (Å²) in [6, 6.07) is 25.0. The van der Waals surface area contributed by atoms with Crippen LogP contribution in [0.5, 0.6) is 5.75 Å². The Morgan fingerprint density at radius 3 is 2.32 bits per heavy atom. The maximum atomic E-state index is 14.0. The third-order valence-electron chi connectivity index (χ3n) is 6.79. The molecule has 0 saturated heterocycles. The first-order valence-corrected chi connectivity index (χ1v) is 12.3. The van der Waals surface area contributed by atoms with Gasteiger partial charge in [0.05, 0.1) is 19.3 Å². The van der Waals surface area contributed by atoms with Crippen LogP contribution in [0.2, 0.25) is 0 Å². The molecule has 0 bridgehead atoms. The lowest BCUT2D eigenvalue weighted by Crippen LogP contribution is -2.64. The van der Waals surface area contributed by atoms with E-state index < -0.39 is 5.54 Å². The Hall–Kier alpha value is -4.39. The molecule has 1 N–H and O–H groups in total. The molecule has 0 aliphatic carbocycles. The van der Waals surface area contributed by atoms with Gasteiger partial charge in [-0.25, -0.2) is 0 Å². The van der Waals surface area contributed by atoms with Crippen LogP contribution in [0.25, 0.3) is 11.3 Å². The number of carbonyl (C=O) groups is 2. The maximum Gasteiger partial charge on any atom is 0.277 e. The number of benzene rings is 3. The van der Waals surface area contributed by atoms with E-state index in [0.717, 1.165) is 28.0 Å². The van der Waals surface area contributed by atoms with Crippen molar-refractivity contribution in [1.29, 1.82) is 0 Å². The van der Waals surface area contributed by atoms with Crippen LogP contribution >= 0.6 is 0 Å². The van der Waals surface area contributed by atoms with Crippen molar-refractivity contribution in [2.75, 3.05) is 12.0 Å². The van der Waals surface area contributed by atoms with Crippen LogP contribution in [0.1, 0.15) is 34.1 Å². The zero-order valence-corrected chi connectivity index (χ0v) is 21.5. The number of fused-ring (bicyclic) bond motifs is 1. The molecule has 7 nitrogen and oxygen atoms in total. The molecule has 0 spiro atoms. The topological polar surface area (TPSA) is 76.5 Å². The van der Waals surface area contributed by atoms with Crippen LogP contribution in [-0.4, -0.2) is 34.2 Å². The number of amides is 2. The molecule has 4 aromatic rings. The first-order chi connectivity index (χ1) is 17.8. The number of ether oxygens (including phenoxy) is 1. The second-order valence-electron chi connectivity index (χ2n) is 9.73. The number of rotatable bonds is 6. The standard InChI is InChI=1S/C30H30N4O3/c1-20-14-21(2)16-24(15-20)34-28(35)27-17-26(23-10-12-25(37-4)13-11-23)32-33(27)19-30(34,3)29(36)31-18-22-8-6-5-7-9-22/h5-17H,18-19H2,1-4H3,(H,31,36). The van der Waals surface area contributed by atoms with Gasteiger partial charge >= 0.3 is 0 Å². The third kappa shape index (κ3) is 4.60. The SMILES string of the molecule is COc1ccc(-c2cc3n(n2)CC(C)(C(=O)NCc2ccccc2)N(c2cc(C)cc(C)c2)C3=O)cc1. The van der Waals surface area contributed by atoms with E-state index >= 15 is 0 Å². The molecule has 2 amide bonds. The molecule has 1 unspecified atom stereocenters. The molecule has 7 heteroatoms. The number of anilines is 1. The minimum absolute atomic E-state index is 0.220. The highest BCUT2D eigenvalue weighted by Crippen LogP contribution is 2.35. The van der Waals surface area contributed by atoms with Crippen LogP contribution in [0.15, 0.2) is 78.9 Å². The van der Waals surface area contributed by atoms with Crippen LogP contribution in [0.3, 0.4) is 0 Å². The summed E-state index contributed by atoms with van der Waals surface area (Å²) in [6.07, 6.45) is 0. The molecular formula is C30H30N4O3. The van der Waals surface area contributed by atoms with Crippen molar-refractivity contribution >= 4 is 17.5 Å². The zero-order valence-electron chi connectivity index (χ0n) is 21.5. The maximum absolute atomic E-state index is 14.0. The molecule has 3 aromatic carbocycles. The lowest BCUT2D eigenvalue weighted by atomic mass is 9.93. The predicted octanol–water partition coefficient (Wildman–Crippen LogP) is 4.91. The molecule has 5 rings (SSSR count). The summed E-state index contributed by atoms with van der Waals surface area (Å²) in [7, 11) is 1.62. The Morgan fingerprint density at radius 1 is 1.00 bits per heavy atom. The van der Waals surface area contributed by atoms with E-state index in [1.807, 2.05) is 80.6 Å². The van der Waals surface area contributed by atoms with Crippen molar-refractivity contribution in [2.45, 2.75) is 39.4 Å². The summed E-state index contributed by atoms with van der Waals surface area (Å²) in [5, 5.41) is 7.79. The fourth-order valence-corrected chi connectivity index (χ4v) is 4.94. The minimum atomic E-state index is -1.19. The Balaban J connectivity index is 1.55. The highest BCUT2D eigenvalue weighted by Gasteiger charge is 2.49. The average Bonchev–Trinajstić information content (AvgIpc) is 3.31. The van der Waals surface area contributed by atoms with Gasteiger partial charge in [0, 0.05) is 17.8 Å². The fraction of sp³-hybridized carbons (Fsp3) is 0.233. The highest BCUT2D eigenvalue weighted by molar-refractivity contribution is 6.12. The van der Waals surface area contributed by atoms with Gasteiger partial charge in [0.15, 0.2) is 0 Å². The Morgan fingerprint density at radius 2 is 1.68 bits per heavy atom. The van der Waals surface area contributed by atoms with Crippen LogP contribution in [0, 0.1) is 13.8 Å². The summed E-state index contributed by atoms with van der Waals surface area (Å²) in [5.41, 5.74) is 4.50. The number of nitrogens with zero attached hydrogens (tertiary/aromatic N) is 3. The van der Waals surface area contributed by atoms with Crippen molar-refractivity contribution in [2.24, 2.45) is 0 Å². The van der Waals surface area contributed by atoms with Crippen molar-refractivity contribution < 1.29 is 14.3 Å². The largest absolute Gasteiger partial charge is 0.497 e. The van der Waals surface area contributed by atoms with Crippen molar-refractivity contribution in [3.63, 3.8) is 0 Å². The summed E-state index contributed by atoms with van der Waals surface area (Å²) < 4.78 is 6.92. The van der Waals surface area contributed by atoms with Gasteiger partial charge in [-0.15, -0.1) is 0 Å². The van der Waals surface area contributed by atoms with Gasteiger partial charge in [-0.1, -0.05) is 36.4 Å². The number of aromatic nitrogens is 2. The molecule has 0 fully saturated rings. The number of hydrogen-bond acceptors (Lipinski definition) is 4. The lowest BCUT2D eigenvalue weighted by Gasteiger charge is -2.43. The molecular weight excluding hydrogens is 464 g/mol. The molecule has 0 saturated carbocycles. The number of nitrogens with one attached hydrogen (secondary N) is 1. The van der Waals surface area contributed by atoms with Crippen molar-refractivity contribution in [3.8, 4) is 17.0 Å². The first-order valence-electron chi connectivity index (χ1n) is 12.3. The normalized spacial score (nSPS) is 16.9. The van der Waals surface area contributed by atoms with Crippen LogP contribution in [0.4, 0.5) is 5.69 Å². The summed E-state index contributed by atoms with van der Waals surface area (Å²) >= 11 is 0. The fourth-order valence-electron chi connectivity index (χ4n) is 4.94. The van der Waals surface area contributed by atoms with Gasteiger partial charge in [-0.05, 0) is 79.9 Å². The van der Waals surface area contributed by atoms with E-state index in [1.165, 1.54) is 0 Å². The molecule has 188 valence electrons. The van der Waals surface area contributed by atoms with Gasteiger partial charge in [0.2, 0.25) is 5.91 Å². The van der Waals surface area contributed by atoms with E-state index in [1.54, 1.807) is 29.7 Å². The molecule has 37 heavy (non-hydrogen) atoms. The Bertz CT molecular complexity index is 1440. The summed E-state index contributed by atoms with van der Waals surface area (Å²) in [5.74, 6) is 0.240. The van der Waals surface area contributed by atoms with Gasteiger partial charge in [0.25, 0.3) is 5.91 Å². The summed E-state index contributed by atoms with van der Waals surface area (Å²) in [6.45, 7) is 6.37. The van der Waals surface area contributed by atoms with E-state index in [2.05, 4.69) is 11.4 Å². The van der Waals surface area contributed by atoms with Crippen molar-refractivity contribution in [1.82, 2.24) is 15.1 Å². The molecule has 1 atom stereocenters. The average molecular weight is 495 g/mol. The zero-order chi connectivity index (χ0) is 26.2. The van der Waals surface area contributed by atoms with Crippen LogP contribution < -0.4 is 15.0 Å². The van der Waals surface area contributed by atoms with Gasteiger partial charge in [-0.2, -0.15) is 5.10 Å². The smallest absolute Gasteiger partial charge is 0.277 e. The number of aryl methyl sites for hydroxylation is 2. The number of carbonyl (C=O) groups excluding carboxylic acids is 2. The summed E-state index contributed by atoms with van der Waals surface area (Å²) in [4.78, 5) is 29.5. The Labute approximate surface area is 216 Å². The first kappa shape index (κ1) is 24.3. The highest BCUT2D eigenvalue weighted by atomic mass is 16.5. The van der Waals surface area contributed by atoms with E-state index in [9.17, 15) is 9.59 Å². The molecule has 0 radical (unpaired) electrons. The molecule has 1 aliphatic rings. The minimum Gasteiger partial charge on any atom is -0.497 e. The van der Waals surface area contributed by atoms with Gasteiger partial charge in [0.1, 0.15) is 17.0 Å². The molecule has 1 aliphatic heterocycles. The molecule has 1 aromatic heterocycles. The number of hydrogen-bond donors (Lipinski definition) is 1. The van der Waals surface area contributed by atoms with Crippen LogP contribution in [-0.2, 0) is 17.9 Å². The number of methoxy groups -OCH3 is 1. The predicted molar refractivity (Wildman–Crippen MR) is 144 cm³/mol. The second kappa shape index (κ2) is 9.58. The second-order valence-corrected chi connectivity index (χ2v) is 9.73. The van der Waals surface area contributed by atoms with Gasteiger partial charge < -0.3 is 10.1 Å². The molecule has 2 heterocycles. The third-order valence-corrected chi connectivity index (χ3v) is 6.79. The quantitative estimate of drug-likeness (QED) is 0.413. The van der Waals surface area contributed by atoms with E-state index in [-0.39, 0.29) is 18.4 Å². The van der Waals surface area contributed by atoms with E-state index in [0.29, 0.717) is 23.6 Å². The lowest BCUT2D eigenvalue weighted by molar-refractivity contribution is -0.126. The monoisotopic (exact) mass is 494 g/mol. The van der Waals surface area contributed by atoms with E-state index in [4.69, 9.17) is 9.84 Å². The van der Waals surface area contributed by atoms with Crippen molar-refractivity contribution in [3.05, 3.63) is 101 Å². The Kier molecular flexibility index (Phi) is 6.29.